The Morgan fingerprint density at radius 3 is 2.45 bits per heavy atom. The topological polar surface area (TPSA) is 21.3 Å². The fourth-order valence-electron chi connectivity index (χ4n) is 2.12. The molecule has 0 saturated heterocycles. The first-order valence-electron chi connectivity index (χ1n) is 7.14. The Bertz CT molecular complexity index is 533. The molecule has 0 aliphatic heterocycles. The number of ether oxygens (including phenoxy) is 1. The highest BCUT2D eigenvalue weighted by Gasteiger charge is 2.03. The largest absolute Gasteiger partial charge is 0.492 e. The maximum absolute atomic E-state index is 5.73. The van der Waals surface area contributed by atoms with E-state index in [-0.39, 0.29) is 0 Å². The zero-order chi connectivity index (χ0) is 14.4. The summed E-state index contributed by atoms with van der Waals surface area (Å²) in [7, 11) is 0. The van der Waals surface area contributed by atoms with Crippen LogP contribution in [0.4, 0.5) is 0 Å². The van der Waals surface area contributed by atoms with E-state index in [1.54, 1.807) is 0 Å². The summed E-state index contributed by atoms with van der Waals surface area (Å²) < 4.78 is 5.73. The second-order valence-corrected chi connectivity index (χ2v) is 5.25. The predicted molar refractivity (Wildman–Crippen MR) is 84.3 cm³/mol. The van der Waals surface area contributed by atoms with Gasteiger partial charge >= 0.3 is 0 Å². The van der Waals surface area contributed by atoms with Gasteiger partial charge < -0.3 is 10.1 Å². The number of rotatable bonds is 6. The fourth-order valence-corrected chi connectivity index (χ4v) is 2.12. The van der Waals surface area contributed by atoms with E-state index in [1.165, 1.54) is 16.7 Å². The van der Waals surface area contributed by atoms with Crippen LogP contribution >= 0.6 is 0 Å². The van der Waals surface area contributed by atoms with Gasteiger partial charge in [-0.1, -0.05) is 42.0 Å². The first-order valence-corrected chi connectivity index (χ1v) is 7.14. The SMILES string of the molecule is Cc1ccc(C(C)NCCOc2cccc(C)c2)cc1. The maximum Gasteiger partial charge on any atom is 0.119 e. The van der Waals surface area contributed by atoms with Crippen molar-refractivity contribution in [1.29, 1.82) is 0 Å². The van der Waals surface area contributed by atoms with Crippen molar-refractivity contribution in [2.75, 3.05) is 13.2 Å². The summed E-state index contributed by atoms with van der Waals surface area (Å²) in [6.45, 7) is 7.88. The van der Waals surface area contributed by atoms with Crippen LogP contribution < -0.4 is 10.1 Å². The van der Waals surface area contributed by atoms with Gasteiger partial charge in [0.15, 0.2) is 0 Å². The van der Waals surface area contributed by atoms with Gasteiger partial charge in [-0.2, -0.15) is 0 Å². The van der Waals surface area contributed by atoms with Gasteiger partial charge in [0.1, 0.15) is 12.4 Å². The third-order valence-corrected chi connectivity index (χ3v) is 3.39. The van der Waals surface area contributed by atoms with Crippen LogP contribution in [0.2, 0.25) is 0 Å². The minimum absolute atomic E-state index is 0.344. The molecule has 1 unspecified atom stereocenters. The molecule has 0 amide bonds. The third kappa shape index (κ3) is 4.39. The normalized spacial score (nSPS) is 12.2. The lowest BCUT2D eigenvalue weighted by Crippen LogP contribution is -2.24. The summed E-state index contributed by atoms with van der Waals surface area (Å²) in [6, 6.07) is 17.1. The van der Waals surface area contributed by atoms with Crippen molar-refractivity contribution >= 4 is 0 Å². The molecule has 2 rings (SSSR count). The van der Waals surface area contributed by atoms with Crippen LogP contribution in [0.3, 0.4) is 0 Å². The molecule has 20 heavy (non-hydrogen) atoms. The fraction of sp³-hybridized carbons (Fsp3) is 0.333. The Kier molecular flexibility index (Phi) is 5.19. The molecular formula is C18H23NO. The zero-order valence-electron chi connectivity index (χ0n) is 12.5. The lowest BCUT2D eigenvalue weighted by atomic mass is 10.1. The van der Waals surface area contributed by atoms with Crippen LogP contribution in [0.25, 0.3) is 0 Å². The second kappa shape index (κ2) is 7.11. The van der Waals surface area contributed by atoms with Crippen LogP contribution in [0.5, 0.6) is 5.75 Å². The van der Waals surface area contributed by atoms with E-state index in [4.69, 9.17) is 4.74 Å². The molecule has 0 heterocycles. The van der Waals surface area contributed by atoms with Gasteiger partial charge in [-0.3, -0.25) is 0 Å². The van der Waals surface area contributed by atoms with E-state index in [0.29, 0.717) is 12.6 Å². The van der Waals surface area contributed by atoms with E-state index in [2.05, 4.69) is 62.5 Å². The van der Waals surface area contributed by atoms with Gasteiger partial charge in [0, 0.05) is 12.6 Å². The molecule has 0 saturated carbocycles. The van der Waals surface area contributed by atoms with Crippen LogP contribution in [-0.4, -0.2) is 13.2 Å². The van der Waals surface area contributed by atoms with Crippen molar-refractivity contribution in [3.05, 3.63) is 65.2 Å². The van der Waals surface area contributed by atoms with Crippen molar-refractivity contribution in [2.45, 2.75) is 26.8 Å². The Morgan fingerprint density at radius 2 is 1.75 bits per heavy atom. The van der Waals surface area contributed by atoms with Crippen molar-refractivity contribution in [2.24, 2.45) is 0 Å². The average Bonchev–Trinajstić information content (AvgIpc) is 2.44. The summed E-state index contributed by atoms with van der Waals surface area (Å²) in [5.41, 5.74) is 3.83. The Labute approximate surface area is 121 Å². The highest BCUT2D eigenvalue weighted by Crippen LogP contribution is 2.14. The van der Waals surface area contributed by atoms with Crippen LogP contribution in [0, 0.1) is 13.8 Å². The van der Waals surface area contributed by atoms with Gasteiger partial charge in [0.25, 0.3) is 0 Å². The molecule has 1 N–H and O–H groups in total. The molecule has 0 fully saturated rings. The van der Waals surface area contributed by atoms with E-state index in [9.17, 15) is 0 Å². The van der Waals surface area contributed by atoms with Crippen LogP contribution in [0.15, 0.2) is 48.5 Å². The summed E-state index contributed by atoms with van der Waals surface area (Å²) in [5.74, 6) is 0.940. The maximum atomic E-state index is 5.73. The standard InChI is InChI=1S/C18H23NO/c1-14-7-9-17(10-8-14)16(3)19-11-12-20-18-6-4-5-15(2)13-18/h4-10,13,16,19H,11-12H2,1-3H3. The van der Waals surface area contributed by atoms with Crippen molar-refractivity contribution < 1.29 is 4.74 Å². The van der Waals surface area contributed by atoms with Crippen molar-refractivity contribution in [3.63, 3.8) is 0 Å². The number of nitrogens with one attached hydrogen (secondary N) is 1. The van der Waals surface area contributed by atoms with Crippen molar-refractivity contribution in [3.8, 4) is 5.75 Å². The summed E-state index contributed by atoms with van der Waals surface area (Å²) in [6.07, 6.45) is 0. The predicted octanol–water partition coefficient (Wildman–Crippen LogP) is 4.03. The molecular weight excluding hydrogens is 246 g/mol. The van der Waals surface area contributed by atoms with E-state index >= 15 is 0 Å². The van der Waals surface area contributed by atoms with Gasteiger partial charge in [0.2, 0.25) is 0 Å². The minimum Gasteiger partial charge on any atom is -0.492 e. The molecule has 2 aromatic rings. The Hall–Kier alpha value is -1.80. The number of benzene rings is 2. The molecule has 1 atom stereocenters. The molecule has 0 aliphatic carbocycles. The number of aryl methyl sites for hydroxylation is 2. The first kappa shape index (κ1) is 14.6. The number of hydrogen-bond donors (Lipinski definition) is 1. The summed E-state index contributed by atoms with van der Waals surface area (Å²) >= 11 is 0. The Morgan fingerprint density at radius 1 is 1.00 bits per heavy atom. The molecule has 2 aromatic carbocycles. The molecule has 106 valence electrons. The van der Waals surface area contributed by atoms with Gasteiger partial charge in [0.05, 0.1) is 0 Å². The smallest absolute Gasteiger partial charge is 0.119 e. The number of hydrogen-bond acceptors (Lipinski definition) is 2. The van der Waals surface area contributed by atoms with Crippen LogP contribution in [0.1, 0.15) is 29.7 Å². The quantitative estimate of drug-likeness (QED) is 0.799. The molecule has 0 spiro atoms. The highest BCUT2D eigenvalue weighted by atomic mass is 16.5. The lowest BCUT2D eigenvalue weighted by molar-refractivity contribution is 0.307. The molecule has 0 bridgehead atoms. The summed E-state index contributed by atoms with van der Waals surface area (Å²) in [4.78, 5) is 0. The highest BCUT2D eigenvalue weighted by molar-refractivity contribution is 5.27. The minimum atomic E-state index is 0.344. The van der Waals surface area contributed by atoms with E-state index in [0.717, 1.165) is 12.3 Å². The van der Waals surface area contributed by atoms with E-state index in [1.807, 2.05) is 12.1 Å². The zero-order valence-corrected chi connectivity index (χ0v) is 12.5. The monoisotopic (exact) mass is 269 g/mol. The first-order chi connectivity index (χ1) is 9.65. The summed E-state index contributed by atoms with van der Waals surface area (Å²) in [5, 5.41) is 3.48. The Balaban J connectivity index is 1.74. The van der Waals surface area contributed by atoms with Crippen molar-refractivity contribution in [1.82, 2.24) is 5.32 Å². The molecule has 2 nitrogen and oxygen atoms in total. The van der Waals surface area contributed by atoms with Gasteiger partial charge in [-0.25, -0.2) is 0 Å². The van der Waals surface area contributed by atoms with Gasteiger partial charge in [-0.05, 0) is 44.0 Å². The molecule has 0 aromatic heterocycles. The molecule has 2 heteroatoms. The molecule has 0 aliphatic rings. The third-order valence-electron chi connectivity index (χ3n) is 3.39. The van der Waals surface area contributed by atoms with Gasteiger partial charge in [-0.15, -0.1) is 0 Å². The lowest BCUT2D eigenvalue weighted by Gasteiger charge is -2.15. The average molecular weight is 269 g/mol. The van der Waals surface area contributed by atoms with E-state index < -0.39 is 0 Å². The second-order valence-electron chi connectivity index (χ2n) is 5.25. The molecule has 0 radical (unpaired) electrons. The van der Waals surface area contributed by atoms with Crippen LogP contribution in [-0.2, 0) is 0 Å².